The van der Waals surface area contributed by atoms with E-state index in [9.17, 15) is 0 Å². The first kappa shape index (κ1) is 29.5. The molecule has 36 heavy (non-hydrogen) atoms. The van der Waals surface area contributed by atoms with E-state index < -0.39 is 25.0 Å². The molecule has 0 aromatic rings. The van der Waals surface area contributed by atoms with Crippen molar-refractivity contribution in [2.45, 2.75) is 155 Å². The van der Waals surface area contributed by atoms with Gasteiger partial charge >= 0.3 is 0 Å². The van der Waals surface area contributed by atoms with Gasteiger partial charge in [0.1, 0.15) is 0 Å². The predicted octanol–water partition coefficient (Wildman–Crippen LogP) is 9.08. The van der Waals surface area contributed by atoms with Crippen molar-refractivity contribution >= 4 is 25.0 Å². The van der Waals surface area contributed by atoms with E-state index in [1.165, 1.54) is 57.8 Å². The van der Waals surface area contributed by atoms with Crippen LogP contribution in [-0.4, -0.2) is 42.8 Å². The van der Waals surface area contributed by atoms with Crippen LogP contribution >= 0.6 is 0 Å². The summed E-state index contributed by atoms with van der Waals surface area (Å²) in [5, 5.41) is 0. The van der Waals surface area contributed by atoms with E-state index in [4.69, 9.17) is 13.3 Å². The van der Waals surface area contributed by atoms with Crippen LogP contribution in [0.15, 0.2) is 0 Å². The smallest absolute Gasteiger partial charge is 0.184 e. The van der Waals surface area contributed by atoms with Crippen molar-refractivity contribution < 1.29 is 13.3 Å². The molecule has 5 unspecified atom stereocenters. The van der Waals surface area contributed by atoms with Crippen molar-refractivity contribution in [3.05, 3.63) is 0 Å². The van der Waals surface area contributed by atoms with Crippen LogP contribution in [-0.2, 0) is 13.3 Å². The summed E-state index contributed by atoms with van der Waals surface area (Å²) < 4.78 is 20.9. The third kappa shape index (κ3) is 5.43. The molecule has 4 saturated carbocycles. The normalized spacial score (nSPS) is 44.5. The van der Waals surface area contributed by atoms with Gasteiger partial charge in [0.05, 0.1) is 11.7 Å². The van der Waals surface area contributed by atoms with Crippen molar-refractivity contribution in [3.8, 4) is 0 Å². The number of fused-ring (bicyclic) bond motifs is 5. The second-order valence-corrected chi connectivity index (χ2v) is 30.1. The summed E-state index contributed by atoms with van der Waals surface area (Å²) in [6.45, 7) is 29.0. The molecule has 9 atom stereocenters. The van der Waals surface area contributed by atoms with Gasteiger partial charge in [-0.05, 0) is 153 Å². The molecule has 4 aliphatic carbocycles. The zero-order valence-corrected chi connectivity index (χ0v) is 29.1. The maximum atomic E-state index is 7.36. The molecule has 0 aliphatic heterocycles. The standard InChI is InChI=1S/C30H60O3Si3/c1-22(31-34(4,5)6)30(33-36(10,11)12)20-17-27-25-14-13-23-21-24(32-35(7,8)9)15-18-28(23,2)26(25)16-19-29(27,30)3/h22-27H,13-21H2,1-12H3/t22-,23+,24-,25?,26?,27?,28?,29?,30+/m1/s1. The van der Waals surface area contributed by atoms with Gasteiger partial charge in [0.2, 0.25) is 0 Å². The van der Waals surface area contributed by atoms with Crippen LogP contribution in [0.2, 0.25) is 58.9 Å². The van der Waals surface area contributed by atoms with E-state index in [1.54, 1.807) is 0 Å². The van der Waals surface area contributed by atoms with Crippen LogP contribution in [0.5, 0.6) is 0 Å². The number of hydrogen-bond acceptors (Lipinski definition) is 3. The summed E-state index contributed by atoms with van der Waals surface area (Å²) in [6.07, 6.45) is 12.8. The van der Waals surface area contributed by atoms with E-state index in [0.29, 0.717) is 11.5 Å². The summed E-state index contributed by atoms with van der Waals surface area (Å²) in [4.78, 5) is 0. The Kier molecular flexibility index (Phi) is 7.85. The van der Waals surface area contributed by atoms with Crippen LogP contribution < -0.4 is 0 Å². The van der Waals surface area contributed by atoms with E-state index >= 15 is 0 Å². The molecule has 210 valence electrons. The summed E-state index contributed by atoms with van der Waals surface area (Å²) in [6, 6.07) is 0. The zero-order chi connectivity index (χ0) is 26.9. The van der Waals surface area contributed by atoms with Gasteiger partial charge in [-0.1, -0.05) is 13.8 Å². The molecule has 0 radical (unpaired) electrons. The Morgan fingerprint density at radius 1 is 0.694 bits per heavy atom. The van der Waals surface area contributed by atoms with Crippen LogP contribution in [0, 0.1) is 34.5 Å². The molecule has 0 saturated heterocycles. The Morgan fingerprint density at radius 3 is 1.92 bits per heavy atom. The Bertz CT molecular complexity index is 799. The van der Waals surface area contributed by atoms with Gasteiger partial charge < -0.3 is 13.3 Å². The SMILES string of the molecule is C[C@@H](O[Si](C)(C)C)[C@@]1(O[Si](C)(C)C)CCC2C3CC[C@H]4C[C@H](O[Si](C)(C)C)CCC4(C)C3CCC21C. The molecule has 4 fully saturated rings. The highest BCUT2D eigenvalue weighted by molar-refractivity contribution is 6.70. The first-order chi connectivity index (χ1) is 16.3. The molecule has 3 nitrogen and oxygen atoms in total. The van der Waals surface area contributed by atoms with Gasteiger partial charge in [0, 0.05) is 11.5 Å². The second kappa shape index (κ2) is 9.57. The maximum absolute atomic E-state index is 7.36. The first-order valence-corrected chi connectivity index (χ1v) is 25.6. The fourth-order valence-electron chi connectivity index (χ4n) is 9.95. The molecular formula is C30H60O3Si3. The lowest BCUT2D eigenvalue weighted by molar-refractivity contribution is -0.175. The topological polar surface area (TPSA) is 27.7 Å². The molecule has 0 aromatic heterocycles. The second-order valence-electron chi connectivity index (χ2n) is 16.8. The molecule has 0 spiro atoms. The molecule has 4 rings (SSSR count). The van der Waals surface area contributed by atoms with Crippen LogP contribution in [0.3, 0.4) is 0 Å². The van der Waals surface area contributed by atoms with Gasteiger partial charge in [0.15, 0.2) is 25.0 Å². The summed E-state index contributed by atoms with van der Waals surface area (Å²) in [5.74, 6) is 3.40. The van der Waals surface area contributed by atoms with Gasteiger partial charge in [-0.2, -0.15) is 0 Å². The Morgan fingerprint density at radius 2 is 1.33 bits per heavy atom. The van der Waals surface area contributed by atoms with Gasteiger partial charge in [0.25, 0.3) is 0 Å². The fourth-order valence-corrected chi connectivity index (χ4v) is 14.0. The molecule has 0 N–H and O–H groups in total. The highest BCUT2D eigenvalue weighted by Gasteiger charge is 2.67. The average molecular weight is 553 g/mol. The Balaban J connectivity index is 1.59. The van der Waals surface area contributed by atoms with Crippen molar-refractivity contribution in [2.24, 2.45) is 34.5 Å². The number of hydrogen-bond donors (Lipinski definition) is 0. The molecule has 0 aromatic carbocycles. The van der Waals surface area contributed by atoms with Crippen molar-refractivity contribution in [1.29, 1.82) is 0 Å². The van der Waals surface area contributed by atoms with Crippen molar-refractivity contribution in [1.82, 2.24) is 0 Å². The van der Waals surface area contributed by atoms with Gasteiger partial charge in [-0.25, -0.2) is 0 Å². The highest BCUT2D eigenvalue weighted by Crippen LogP contribution is 2.70. The summed E-state index contributed by atoms with van der Waals surface area (Å²) in [7, 11) is -4.88. The van der Waals surface area contributed by atoms with Crippen LogP contribution in [0.4, 0.5) is 0 Å². The van der Waals surface area contributed by atoms with Crippen molar-refractivity contribution in [2.75, 3.05) is 0 Å². The summed E-state index contributed by atoms with van der Waals surface area (Å²) in [5.41, 5.74) is 0.623. The molecule has 0 heterocycles. The highest BCUT2D eigenvalue weighted by atomic mass is 28.4. The van der Waals surface area contributed by atoms with Crippen molar-refractivity contribution in [3.63, 3.8) is 0 Å². The minimum atomic E-state index is -1.75. The molecule has 4 aliphatic rings. The first-order valence-electron chi connectivity index (χ1n) is 15.4. The average Bonchev–Trinajstić information content (AvgIpc) is 2.98. The van der Waals surface area contributed by atoms with Crippen LogP contribution in [0.25, 0.3) is 0 Å². The van der Waals surface area contributed by atoms with Crippen LogP contribution in [0.1, 0.15) is 78.6 Å². The Hall–Kier alpha value is 0.531. The molecule has 6 heteroatoms. The molecule has 0 bridgehead atoms. The monoisotopic (exact) mass is 552 g/mol. The Labute approximate surface area is 227 Å². The van der Waals surface area contributed by atoms with E-state index in [-0.39, 0.29) is 17.1 Å². The summed E-state index contributed by atoms with van der Waals surface area (Å²) >= 11 is 0. The van der Waals surface area contributed by atoms with Gasteiger partial charge in [-0.15, -0.1) is 0 Å². The quantitative estimate of drug-likeness (QED) is 0.295. The predicted molar refractivity (Wildman–Crippen MR) is 161 cm³/mol. The zero-order valence-electron chi connectivity index (χ0n) is 26.1. The van der Waals surface area contributed by atoms with Gasteiger partial charge in [-0.3, -0.25) is 0 Å². The lowest BCUT2D eigenvalue weighted by Crippen LogP contribution is -2.63. The molecular weight excluding hydrogens is 493 g/mol. The minimum absolute atomic E-state index is 0.117. The largest absolute Gasteiger partial charge is 0.415 e. The maximum Gasteiger partial charge on any atom is 0.184 e. The van der Waals surface area contributed by atoms with E-state index in [1.807, 2.05) is 0 Å². The van der Waals surface area contributed by atoms with E-state index in [2.05, 4.69) is 79.7 Å². The third-order valence-corrected chi connectivity index (χ3v) is 14.1. The number of rotatable bonds is 7. The third-order valence-electron chi connectivity index (χ3n) is 11.0. The molecule has 0 amide bonds. The van der Waals surface area contributed by atoms with E-state index in [0.717, 1.165) is 23.7 Å². The fraction of sp³-hybridized carbons (Fsp3) is 1.00. The lowest BCUT2D eigenvalue weighted by Gasteiger charge is -2.63. The lowest BCUT2D eigenvalue weighted by atomic mass is 9.44. The minimum Gasteiger partial charge on any atom is -0.415 e.